The number of aryl methyl sites for hydroxylation is 2. The first kappa shape index (κ1) is 20.1. The number of nitrogens with zero attached hydrogens (tertiary/aromatic N) is 1. The number of pyridine rings is 1. The first-order valence-electron chi connectivity index (χ1n) is 8.94. The third kappa shape index (κ3) is 5.65. The van der Waals surface area contributed by atoms with Crippen LogP contribution in [0.2, 0.25) is 0 Å². The van der Waals surface area contributed by atoms with Gasteiger partial charge in [0.1, 0.15) is 23.9 Å². The Balaban J connectivity index is 1.66. The van der Waals surface area contributed by atoms with Crippen molar-refractivity contribution in [3.8, 4) is 17.4 Å². The average molecular weight is 393 g/mol. The normalized spacial score (nSPS) is 10.9. The SMILES string of the molecule is Cc1cc(C=CC(=O)O)cc(C)c1Oc1ccc(OCc2ccc(F)cc2)cn1. The molecule has 0 saturated carbocycles. The van der Waals surface area contributed by atoms with E-state index < -0.39 is 5.97 Å². The molecule has 1 aromatic heterocycles. The summed E-state index contributed by atoms with van der Waals surface area (Å²) in [6.45, 7) is 4.09. The number of carboxylic acids is 1. The lowest BCUT2D eigenvalue weighted by Gasteiger charge is -2.13. The fourth-order valence-electron chi connectivity index (χ4n) is 2.77. The number of hydrogen-bond donors (Lipinski definition) is 1. The van der Waals surface area contributed by atoms with Gasteiger partial charge in [-0.3, -0.25) is 0 Å². The molecule has 0 aliphatic carbocycles. The molecule has 0 bridgehead atoms. The Kier molecular flexibility index (Phi) is 6.24. The Morgan fingerprint density at radius 2 is 1.79 bits per heavy atom. The highest BCUT2D eigenvalue weighted by Crippen LogP contribution is 2.30. The van der Waals surface area contributed by atoms with E-state index in [2.05, 4.69) is 4.98 Å². The molecule has 0 fully saturated rings. The third-order valence-electron chi connectivity index (χ3n) is 4.14. The van der Waals surface area contributed by atoms with Crippen LogP contribution in [-0.4, -0.2) is 16.1 Å². The Hall–Kier alpha value is -3.67. The summed E-state index contributed by atoms with van der Waals surface area (Å²) in [6, 6.07) is 13.3. The molecule has 0 radical (unpaired) electrons. The molecule has 0 aliphatic heterocycles. The number of aromatic nitrogens is 1. The second-order valence-corrected chi connectivity index (χ2v) is 6.50. The average Bonchev–Trinajstić information content (AvgIpc) is 2.69. The summed E-state index contributed by atoms with van der Waals surface area (Å²) in [4.78, 5) is 14.9. The molecule has 0 aliphatic rings. The van der Waals surface area contributed by atoms with E-state index in [0.717, 1.165) is 28.3 Å². The van der Waals surface area contributed by atoms with Crippen LogP contribution in [-0.2, 0) is 11.4 Å². The molecule has 0 atom stereocenters. The van der Waals surface area contributed by atoms with Crippen LogP contribution in [0, 0.1) is 19.7 Å². The summed E-state index contributed by atoms with van der Waals surface area (Å²) >= 11 is 0. The molecule has 0 amide bonds. The van der Waals surface area contributed by atoms with E-state index in [0.29, 0.717) is 24.0 Å². The minimum atomic E-state index is -0.994. The molecule has 0 spiro atoms. The number of carbonyl (C=O) groups is 1. The molecule has 0 unspecified atom stereocenters. The zero-order valence-corrected chi connectivity index (χ0v) is 16.1. The van der Waals surface area contributed by atoms with Crippen LogP contribution in [0.4, 0.5) is 4.39 Å². The smallest absolute Gasteiger partial charge is 0.328 e. The summed E-state index contributed by atoms with van der Waals surface area (Å²) in [7, 11) is 0. The van der Waals surface area contributed by atoms with Crippen molar-refractivity contribution in [1.82, 2.24) is 4.98 Å². The van der Waals surface area contributed by atoms with Crippen molar-refractivity contribution >= 4 is 12.0 Å². The van der Waals surface area contributed by atoms with Gasteiger partial charge in [-0.15, -0.1) is 0 Å². The van der Waals surface area contributed by atoms with Gasteiger partial charge in [-0.2, -0.15) is 0 Å². The first-order valence-corrected chi connectivity index (χ1v) is 8.94. The monoisotopic (exact) mass is 393 g/mol. The van der Waals surface area contributed by atoms with E-state index in [4.69, 9.17) is 14.6 Å². The maximum absolute atomic E-state index is 12.9. The highest BCUT2D eigenvalue weighted by atomic mass is 19.1. The fourth-order valence-corrected chi connectivity index (χ4v) is 2.77. The van der Waals surface area contributed by atoms with Crippen LogP contribution in [0.15, 0.2) is 60.8 Å². The Labute approximate surface area is 168 Å². The second-order valence-electron chi connectivity index (χ2n) is 6.50. The molecule has 3 rings (SSSR count). The Bertz CT molecular complexity index is 1000. The number of benzene rings is 2. The van der Waals surface area contributed by atoms with Gasteiger partial charge in [-0.1, -0.05) is 12.1 Å². The highest BCUT2D eigenvalue weighted by molar-refractivity contribution is 5.85. The summed E-state index contributed by atoms with van der Waals surface area (Å²) in [5, 5.41) is 8.75. The standard InChI is InChI=1S/C23H20FNO4/c1-15-11-18(5-10-22(26)27)12-16(2)23(15)29-21-9-8-20(13-25-21)28-14-17-3-6-19(24)7-4-17/h3-13H,14H2,1-2H3,(H,26,27). The van der Waals surface area contributed by atoms with Crippen molar-refractivity contribution in [2.24, 2.45) is 0 Å². The predicted octanol–water partition coefficient (Wildman–Crippen LogP) is 5.31. The van der Waals surface area contributed by atoms with E-state index >= 15 is 0 Å². The molecule has 1 heterocycles. The van der Waals surface area contributed by atoms with Crippen molar-refractivity contribution in [3.05, 3.63) is 88.9 Å². The molecule has 0 saturated heterocycles. The van der Waals surface area contributed by atoms with E-state index in [-0.39, 0.29) is 5.82 Å². The van der Waals surface area contributed by atoms with Crippen LogP contribution in [0.25, 0.3) is 6.08 Å². The summed E-state index contributed by atoms with van der Waals surface area (Å²) in [5.74, 6) is 0.383. The van der Waals surface area contributed by atoms with Crippen LogP contribution < -0.4 is 9.47 Å². The molecule has 148 valence electrons. The van der Waals surface area contributed by atoms with Gasteiger partial charge < -0.3 is 14.6 Å². The number of hydrogen-bond acceptors (Lipinski definition) is 4. The van der Waals surface area contributed by atoms with Gasteiger partial charge in [0.15, 0.2) is 0 Å². The van der Waals surface area contributed by atoms with E-state index in [1.54, 1.807) is 30.5 Å². The molecule has 1 N–H and O–H groups in total. The van der Waals surface area contributed by atoms with Crippen molar-refractivity contribution in [2.75, 3.05) is 0 Å². The molecule has 29 heavy (non-hydrogen) atoms. The highest BCUT2D eigenvalue weighted by Gasteiger charge is 2.08. The molecule has 3 aromatic rings. The number of rotatable bonds is 7. The second kappa shape index (κ2) is 9.01. The Morgan fingerprint density at radius 3 is 2.38 bits per heavy atom. The lowest BCUT2D eigenvalue weighted by Crippen LogP contribution is -1.97. The lowest BCUT2D eigenvalue weighted by molar-refractivity contribution is -0.131. The van der Waals surface area contributed by atoms with Gasteiger partial charge in [0, 0.05) is 12.1 Å². The van der Waals surface area contributed by atoms with Crippen molar-refractivity contribution in [2.45, 2.75) is 20.5 Å². The predicted molar refractivity (Wildman–Crippen MR) is 108 cm³/mol. The topological polar surface area (TPSA) is 68.7 Å². The zero-order chi connectivity index (χ0) is 20.8. The largest absolute Gasteiger partial charge is 0.487 e. The van der Waals surface area contributed by atoms with Crippen molar-refractivity contribution in [3.63, 3.8) is 0 Å². The molecular weight excluding hydrogens is 373 g/mol. The van der Waals surface area contributed by atoms with Gasteiger partial charge in [0.2, 0.25) is 5.88 Å². The summed E-state index contributed by atoms with van der Waals surface area (Å²) in [6.07, 6.45) is 4.20. The minimum Gasteiger partial charge on any atom is -0.487 e. The van der Waals surface area contributed by atoms with Crippen molar-refractivity contribution in [1.29, 1.82) is 0 Å². The van der Waals surface area contributed by atoms with Crippen LogP contribution in [0.3, 0.4) is 0 Å². The van der Waals surface area contributed by atoms with Crippen molar-refractivity contribution < 1.29 is 23.8 Å². The van der Waals surface area contributed by atoms with Crippen LogP contribution in [0.5, 0.6) is 17.4 Å². The van der Waals surface area contributed by atoms with Crippen LogP contribution >= 0.6 is 0 Å². The molecular formula is C23H20FNO4. The van der Waals surface area contributed by atoms with Gasteiger partial charge in [0.05, 0.1) is 6.20 Å². The van der Waals surface area contributed by atoms with Crippen LogP contribution in [0.1, 0.15) is 22.3 Å². The van der Waals surface area contributed by atoms with E-state index in [1.165, 1.54) is 18.2 Å². The number of carboxylic acid groups (broad SMARTS) is 1. The first-order chi connectivity index (χ1) is 13.9. The van der Waals surface area contributed by atoms with Gasteiger partial charge >= 0.3 is 5.97 Å². The number of halogens is 1. The van der Waals surface area contributed by atoms with Gasteiger partial charge in [-0.25, -0.2) is 14.2 Å². The van der Waals surface area contributed by atoms with E-state index in [1.807, 2.05) is 26.0 Å². The number of ether oxygens (including phenoxy) is 2. The van der Waals surface area contributed by atoms with Gasteiger partial charge in [-0.05, 0) is 72.5 Å². The lowest BCUT2D eigenvalue weighted by atomic mass is 10.1. The summed E-state index contributed by atoms with van der Waals surface area (Å²) in [5.41, 5.74) is 3.38. The van der Waals surface area contributed by atoms with E-state index in [9.17, 15) is 9.18 Å². The maximum Gasteiger partial charge on any atom is 0.328 e. The zero-order valence-electron chi connectivity index (χ0n) is 16.1. The Morgan fingerprint density at radius 1 is 1.10 bits per heavy atom. The fraction of sp³-hybridized carbons (Fsp3) is 0.130. The maximum atomic E-state index is 12.9. The summed E-state index contributed by atoms with van der Waals surface area (Å²) < 4.78 is 24.5. The molecule has 2 aromatic carbocycles. The molecule has 6 heteroatoms. The molecule has 5 nitrogen and oxygen atoms in total. The van der Waals surface area contributed by atoms with Gasteiger partial charge in [0.25, 0.3) is 0 Å². The third-order valence-corrected chi connectivity index (χ3v) is 4.14. The number of aliphatic carboxylic acids is 1. The quantitative estimate of drug-likeness (QED) is 0.551. The minimum absolute atomic E-state index is 0.284.